The van der Waals surface area contributed by atoms with Gasteiger partial charge in [0.1, 0.15) is 12.7 Å². The van der Waals surface area contributed by atoms with Gasteiger partial charge in [0.2, 0.25) is 0 Å². The highest BCUT2D eigenvalue weighted by Crippen LogP contribution is 2.49. The van der Waals surface area contributed by atoms with Gasteiger partial charge in [-0.05, 0) is 42.5 Å². The molecule has 6 rings (SSSR count). The number of carbonyl (C=O) groups excluding carboxylic acids is 2. The first kappa shape index (κ1) is 24.0. The Balaban J connectivity index is 1.38. The van der Waals surface area contributed by atoms with Crippen molar-refractivity contribution < 1.29 is 23.8 Å². The monoisotopic (exact) mass is 536 g/mol. The van der Waals surface area contributed by atoms with Crippen molar-refractivity contribution in [2.75, 3.05) is 12.0 Å². The van der Waals surface area contributed by atoms with E-state index in [1.54, 1.807) is 23.6 Å². The number of hydrogen-bond acceptors (Lipinski definition) is 7. The molecule has 190 valence electrons. The first-order valence-electron chi connectivity index (χ1n) is 12.2. The van der Waals surface area contributed by atoms with E-state index in [0.717, 1.165) is 12.0 Å². The van der Waals surface area contributed by atoms with E-state index in [9.17, 15) is 9.59 Å². The first-order valence-corrected chi connectivity index (χ1v) is 13.5. The molecule has 1 saturated carbocycles. The fraction of sp³-hybridized carbons (Fsp3) is 0.321. The third-order valence-electron chi connectivity index (χ3n) is 7.15. The van der Waals surface area contributed by atoms with E-state index in [2.05, 4.69) is 4.98 Å². The van der Waals surface area contributed by atoms with E-state index in [0.29, 0.717) is 47.2 Å². The van der Waals surface area contributed by atoms with Crippen molar-refractivity contribution in [1.82, 2.24) is 4.98 Å². The van der Waals surface area contributed by atoms with Crippen LogP contribution in [0.4, 0.5) is 5.13 Å². The Bertz CT molecular complexity index is 1360. The van der Waals surface area contributed by atoms with Crippen molar-refractivity contribution >= 4 is 39.8 Å². The van der Waals surface area contributed by atoms with Crippen molar-refractivity contribution in [1.29, 1.82) is 0 Å². The second kappa shape index (κ2) is 9.84. The molecule has 1 aliphatic carbocycles. The molecule has 1 fully saturated rings. The molecule has 37 heavy (non-hydrogen) atoms. The molecular formula is C28H25ClN2O5S. The average Bonchev–Trinajstić information content (AvgIpc) is 3.55. The average molecular weight is 537 g/mol. The summed E-state index contributed by atoms with van der Waals surface area (Å²) in [6.45, 7) is 0.383. The third kappa shape index (κ3) is 4.28. The van der Waals surface area contributed by atoms with Crippen LogP contribution in [-0.2, 0) is 20.9 Å². The summed E-state index contributed by atoms with van der Waals surface area (Å²) in [6, 6.07) is 14.7. The summed E-state index contributed by atoms with van der Waals surface area (Å²) in [6.07, 6.45) is 3.26. The Labute approximate surface area is 223 Å². The highest BCUT2D eigenvalue weighted by Gasteiger charge is 2.53. The maximum absolute atomic E-state index is 13.9. The van der Waals surface area contributed by atoms with E-state index in [1.165, 1.54) is 11.3 Å². The zero-order chi connectivity index (χ0) is 25.5. The number of rotatable bonds is 6. The molecule has 9 heteroatoms. The molecule has 0 saturated heterocycles. The molecule has 0 N–H and O–H groups in total. The van der Waals surface area contributed by atoms with Crippen LogP contribution in [0.25, 0.3) is 0 Å². The summed E-state index contributed by atoms with van der Waals surface area (Å²) in [7, 11) is 1.57. The molecule has 7 nitrogen and oxygen atoms in total. The van der Waals surface area contributed by atoms with Gasteiger partial charge in [-0.15, -0.1) is 22.9 Å². The number of fused-ring (bicyclic) bond motifs is 1. The van der Waals surface area contributed by atoms with E-state index in [-0.39, 0.29) is 34.8 Å². The molecule has 4 atom stereocenters. The van der Waals surface area contributed by atoms with Crippen molar-refractivity contribution in [3.05, 3.63) is 82.6 Å². The van der Waals surface area contributed by atoms with Crippen molar-refractivity contribution in [3.63, 3.8) is 0 Å². The van der Waals surface area contributed by atoms with Crippen molar-refractivity contribution in [2.45, 2.75) is 43.4 Å². The molecule has 2 aromatic carbocycles. The molecule has 0 spiro atoms. The fourth-order valence-electron chi connectivity index (χ4n) is 5.37. The van der Waals surface area contributed by atoms with Gasteiger partial charge in [-0.3, -0.25) is 14.5 Å². The maximum atomic E-state index is 13.9. The molecule has 0 radical (unpaired) electrons. The molecule has 2 aliphatic heterocycles. The summed E-state index contributed by atoms with van der Waals surface area (Å²) in [5.74, 6) is 0.419. The Morgan fingerprint density at radius 1 is 1.14 bits per heavy atom. The van der Waals surface area contributed by atoms with Crippen molar-refractivity contribution in [2.24, 2.45) is 5.92 Å². The summed E-state index contributed by atoms with van der Waals surface area (Å²) < 4.78 is 17.9. The Hall–Kier alpha value is -3.36. The van der Waals surface area contributed by atoms with Gasteiger partial charge in [-0.2, -0.15) is 0 Å². The zero-order valence-electron chi connectivity index (χ0n) is 20.1. The first-order chi connectivity index (χ1) is 18.0. The highest BCUT2D eigenvalue weighted by atomic mass is 35.5. The number of aromatic nitrogens is 1. The largest absolute Gasteiger partial charge is 0.493 e. The second-order valence-electron chi connectivity index (χ2n) is 9.36. The number of benzene rings is 2. The lowest BCUT2D eigenvalue weighted by Gasteiger charge is -2.37. The summed E-state index contributed by atoms with van der Waals surface area (Å²) >= 11 is 7.76. The Kier molecular flexibility index (Phi) is 6.38. The third-order valence-corrected chi connectivity index (χ3v) is 8.32. The van der Waals surface area contributed by atoms with Crippen LogP contribution in [0.5, 0.6) is 11.5 Å². The van der Waals surface area contributed by atoms with Crippen LogP contribution in [0.2, 0.25) is 0 Å². The quantitative estimate of drug-likeness (QED) is 0.390. The number of ketones is 1. The van der Waals surface area contributed by atoms with E-state index < -0.39 is 6.04 Å². The molecular weight excluding hydrogens is 512 g/mol. The van der Waals surface area contributed by atoms with Gasteiger partial charge >= 0.3 is 0 Å². The van der Waals surface area contributed by atoms with Crippen LogP contribution in [0, 0.1) is 5.92 Å². The number of alkyl halides is 1. The molecule has 3 heterocycles. The van der Waals surface area contributed by atoms with E-state index in [1.807, 2.05) is 48.5 Å². The minimum Gasteiger partial charge on any atom is -0.493 e. The number of anilines is 1. The van der Waals surface area contributed by atoms with Crippen LogP contribution < -0.4 is 14.4 Å². The van der Waals surface area contributed by atoms with Gasteiger partial charge < -0.3 is 14.2 Å². The normalized spacial score (nSPS) is 25.0. The van der Waals surface area contributed by atoms with Crippen LogP contribution >= 0.6 is 22.9 Å². The lowest BCUT2D eigenvalue weighted by atomic mass is 9.77. The van der Waals surface area contributed by atoms with E-state index >= 15 is 0 Å². The number of methoxy groups -OCH3 is 1. The number of halogens is 1. The van der Waals surface area contributed by atoms with Gasteiger partial charge in [0.25, 0.3) is 5.91 Å². The molecule has 3 aromatic rings. The van der Waals surface area contributed by atoms with Gasteiger partial charge in [-0.1, -0.05) is 36.4 Å². The van der Waals surface area contributed by atoms with Crippen LogP contribution in [0.1, 0.15) is 36.4 Å². The minimum atomic E-state index is -0.685. The number of amides is 1. The predicted octanol–water partition coefficient (Wildman–Crippen LogP) is 5.45. The molecule has 3 aliphatic rings. The topological polar surface area (TPSA) is 78.0 Å². The molecule has 1 aromatic heterocycles. The molecule has 1 amide bonds. The van der Waals surface area contributed by atoms with Crippen LogP contribution in [0.3, 0.4) is 0 Å². The lowest BCUT2D eigenvalue weighted by molar-refractivity contribution is -0.131. The van der Waals surface area contributed by atoms with Gasteiger partial charge in [-0.25, -0.2) is 4.98 Å². The second-order valence-corrected chi connectivity index (χ2v) is 10.8. The summed E-state index contributed by atoms with van der Waals surface area (Å²) in [4.78, 5) is 33.5. The van der Waals surface area contributed by atoms with Crippen LogP contribution in [0.15, 0.2) is 71.4 Å². The number of carbonyl (C=O) groups is 2. The maximum Gasteiger partial charge on any atom is 0.296 e. The van der Waals surface area contributed by atoms with E-state index in [4.69, 9.17) is 25.8 Å². The van der Waals surface area contributed by atoms with Gasteiger partial charge in [0.05, 0.1) is 24.6 Å². The Morgan fingerprint density at radius 2 is 1.97 bits per heavy atom. The Morgan fingerprint density at radius 3 is 2.73 bits per heavy atom. The highest BCUT2D eigenvalue weighted by molar-refractivity contribution is 7.13. The summed E-state index contributed by atoms with van der Waals surface area (Å²) in [5, 5.41) is 2.23. The molecule has 0 bridgehead atoms. The van der Waals surface area contributed by atoms with Gasteiger partial charge in [0, 0.05) is 17.0 Å². The number of nitrogens with zero attached hydrogens (tertiary/aromatic N) is 2. The number of thiazole rings is 1. The number of ether oxygens (including phenoxy) is 3. The molecule has 4 unspecified atom stereocenters. The van der Waals surface area contributed by atoms with Crippen molar-refractivity contribution in [3.8, 4) is 11.5 Å². The standard InChI is InChI=1S/C28H25ClN2O5S/c1-34-22-13-17(7-9-21(22)35-15-16-5-3-2-4-6-16)24-23-25(32)19-14-18(29)8-10-20(19)36-26(23)27(33)31(24)28-30-11-12-37-28/h2-7,9,11-13,18-20,24H,8,10,14-15H2,1H3. The fourth-order valence-corrected chi connectivity index (χ4v) is 6.36. The van der Waals surface area contributed by atoms with Crippen LogP contribution in [-0.4, -0.2) is 35.3 Å². The SMILES string of the molecule is COc1cc(C2C3=C(OC4CCC(Cl)CC4C3=O)C(=O)N2c2nccs2)ccc1OCc1ccccc1. The minimum absolute atomic E-state index is 0.0719. The predicted molar refractivity (Wildman–Crippen MR) is 140 cm³/mol. The number of Topliss-reactive ketones (excluding diaryl/α,β-unsaturated/α-hetero) is 1. The smallest absolute Gasteiger partial charge is 0.296 e. The summed E-state index contributed by atoms with van der Waals surface area (Å²) in [5.41, 5.74) is 2.11. The number of hydrogen-bond donors (Lipinski definition) is 0. The lowest BCUT2D eigenvalue weighted by Crippen LogP contribution is -2.41. The van der Waals surface area contributed by atoms with Gasteiger partial charge in [0.15, 0.2) is 28.2 Å². The zero-order valence-corrected chi connectivity index (χ0v) is 21.7.